The summed E-state index contributed by atoms with van der Waals surface area (Å²) in [6.07, 6.45) is 4.73. The van der Waals surface area contributed by atoms with Crippen molar-refractivity contribution in [2.75, 3.05) is 26.3 Å². The normalized spacial score (nSPS) is 16.7. The molecule has 0 atom stereocenters. The molecule has 28 heavy (non-hydrogen) atoms. The lowest BCUT2D eigenvalue weighted by molar-refractivity contribution is 0.0302. The monoisotopic (exact) mass is 434 g/mol. The average Bonchev–Trinajstić information content (AvgIpc) is 3.35. The van der Waals surface area contributed by atoms with Gasteiger partial charge in [0, 0.05) is 33.8 Å². The van der Waals surface area contributed by atoms with Crippen LogP contribution in [0.15, 0.2) is 17.5 Å². The number of thiophene rings is 2. The number of aryl methyl sites for hydroxylation is 3. The zero-order valence-electron chi connectivity index (χ0n) is 15.8. The highest BCUT2D eigenvalue weighted by Crippen LogP contribution is 2.44. The van der Waals surface area contributed by atoms with Crippen molar-refractivity contribution in [3.05, 3.63) is 39.2 Å². The summed E-state index contributed by atoms with van der Waals surface area (Å²) in [5.41, 5.74) is 4.19. The number of carbonyl (C=O) groups excluding carboxylic acids is 1. The van der Waals surface area contributed by atoms with Gasteiger partial charge in [-0.05, 0) is 49.6 Å². The number of ether oxygens (including phenoxy) is 1. The maximum atomic E-state index is 13.5. The molecule has 0 unspecified atom stereocenters. The molecule has 1 fully saturated rings. The highest BCUT2D eigenvalue weighted by Gasteiger charge is 2.29. The Bertz CT molecular complexity index is 1010. The third-order valence-corrected chi connectivity index (χ3v) is 7.64. The number of halogens is 1. The molecule has 0 saturated carbocycles. The number of hydrogen-bond donors (Lipinski definition) is 0. The number of pyridine rings is 1. The Morgan fingerprint density at radius 3 is 2.75 bits per heavy atom. The van der Waals surface area contributed by atoms with E-state index in [1.54, 1.807) is 11.3 Å². The summed E-state index contributed by atoms with van der Waals surface area (Å²) in [6, 6.07) is 4.21. The average molecular weight is 435 g/mol. The van der Waals surface area contributed by atoms with E-state index in [9.17, 15) is 4.79 Å². The van der Waals surface area contributed by atoms with Crippen LogP contribution in [0, 0.1) is 6.92 Å². The molecular weight excluding hydrogens is 412 g/mol. The fraction of sp³-hybridized carbons (Fsp3) is 0.429. The van der Waals surface area contributed by atoms with Gasteiger partial charge >= 0.3 is 0 Å². The van der Waals surface area contributed by atoms with E-state index in [0.717, 1.165) is 34.5 Å². The number of nitrogens with zero attached hydrogens (tertiary/aromatic N) is 2. The van der Waals surface area contributed by atoms with E-state index in [4.69, 9.17) is 9.72 Å². The minimum Gasteiger partial charge on any atom is -0.378 e. The molecule has 3 aromatic heterocycles. The molecule has 0 N–H and O–H groups in total. The summed E-state index contributed by atoms with van der Waals surface area (Å²) in [4.78, 5) is 24.1. The molecule has 0 spiro atoms. The molecule has 4 nitrogen and oxygen atoms in total. The largest absolute Gasteiger partial charge is 0.378 e. The number of morpholine rings is 1. The molecule has 1 amide bonds. The van der Waals surface area contributed by atoms with Crippen molar-refractivity contribution >= 4 is 51.2 Å². The van der Waals surface area contributed by atoms with Gasteiger partial charge in [0.2, 0.25) is 0 Å². The van der Waals surface area contributed by atoms with Crippen LogP contribution >= 0.6 is 35.1 Å². The molecule has 7 heteroatoms. The van der Waals surface area contributed by atoms with E-state index in [-0.39, 0.29) is 18.3 Å². The van der Waals surface area contributed by atoms with Crippen LogP contribution in [0.3, 0.4) is 0 Å². The fourth-order valence-corrected chi connectivity index (χ4v) is 6.36. The molecular formula is C21H23ClN2O2S2. The third kappa shape index (κ3) is 3.26. The predicted octanol–water partition coefficient (Wildman–Crippen LogP) is 5.11. The first kappa shape index (κ1) is 19.8. The number of amides is 1. The highest BCUT2D eigenvalue weighted by atomic mass is 35.5. The first-order valence-electron chi connectivity index (χ1n) is 9.60. The smallest absolute Gasteiger partial charge is 0.256 e. The van der Waals surface area contributed by atoms with Gasteiger partial charge in [-0.2, -0.15) is 0 Å². The number of aromatic nitrogens is 1. The summed E-state index contributed by atoms with van der Waals surface area (Å²) in [7, 11) is 0. The lowest BCUT2D eigenvalue weighted by atomic mass is 9.92. The van der Waals surface area contributed by atoms with E-state index < -0.39 is 0 Å². The number of rotatable bonds is 2. The standard InChI is InChI=1S/C21H22N2O2S2.ClH/c1-13-17(21(24)23-8-10-25-11-9-23)19(16-7-4-12-26-16)18-14-5-2-3-6-15(14)27-20(18)22-13;/h4,7,12H,2-3,5-6,8-11H2,1H3;1H. The van der Waals surface area contributed by atoms with Crippen LogP contribution in [-0.2, 0) is 17.6 Å². The Kier molecular flexibility index (Phi) is 5.74. The lowest BCUT2D eigenvalue weighted by Gasteiger charge is -2.28. The topological polar surface area (TPSA) is 42.4 Å². The lowest BCUT2D eigenvalue weighted by Crippen LogP contribution is -2.41. The molecule has 0 bridgehead atoms. The van der Waals surface area contributed by atoms with Crippen LogP contribution < -0.4 is 0 Å². The van der Waals surface area contributed by atoms with Crippen molar-refractivity contribution in [3.63, 3.8) is 0 Å². The van der Waals surface area contributed by atoms with Gasteiger partial charge in [0.25, 0.3) is 5.91 Å². The molecule has 1 saturated heterocycles. The molecule has 1 aliphatic carbocycles. The van der Waals surface area contributed by atoms with Crippen molar-refractivity contribution in [3.8, 4) is 10.4 Å². The molecule has 0 aromatic carbocycles. The quantitative estimate of drug-likeness (QED) is 0.563. The van der Waals surface area contributed by atoms with Gasteiger partial charge in [-0.25, -0.2) is 4.98 Å². The zero-order chi connectivity index (χ0) is 18.4. The zero-order valence-corrected chi connectivity index (χ0v) is 18.3. The minimum absolute atomic E-state index is 0. The van der Waals surface area contributed by atoms with Gasteiger partial charge in [0.1, 0.15) is 4.83 Å². The Balaban J connectivity index is 0.00000192. The van der Waals surface area contributed by atoms with Crippen molar-refractivity contribution in [2.45, 2.75) is 32.6 Å². The van der Waals surface area contributed by atoms with E-state index in [0.29, 0.717) is 26.3 Å². The van der Waals surface area contributed by atoms with Gasteiger partial charge in [-0.1, -0.05) is 6.07 Å². The van der Waals surface area contributed by atoms with E-state index >= 15 is 0 Å². The van der Waals surface area contributed by atoms with Gasteiger partial charge in [0.15, 0.2) is 0 Å². The predicted molar refractivity (Wildman–Crippen MR) is 118 cm³/mol. The minimum atomic E-state index is 0. The van der Waals surface area contributed by atoms with Crippen LogP contribution in [0.25, 0.3) is 20.7 Å². The molecule has 148 valence electrons. The van der Waals surface area contributed by atoms with Crippen molar-refractivity contribution < 1.29 is 9.53 Å². The highest BCUT2D eigenvalue weighted by molar-refractivity contribution is 7.19. The fourth-order valence-electron chi connectivity index (χ4n) is 4.26. The Hall–Kier alpha value is -1.47. The summed E-state index contributed by atoms with van der Waals surface area (Å²) in [5.74, 6) is 0.101. The van der Waals surface area contributed by atoms with Crippen molar-refractivity contribution in [1.29, 1.82) is 0 Å². The van der Waals surface area contributed by atoms with Crippen LogP contribution in [0.5, 0.6) is 0 Å². The number of fused-ring (bicyclic) bond motifs is 3. The van der Waals surface area contributed by atoms with Crippen molar-refractivity contribution in [2.24, 2.45) is 0 Å². The molecule has 0 radical (unpaired) electrons. The van der Waals surface area contributed by atoms with Crippen LogP contribution in [0.1, 0.15) is 39.3 Å². The Morgan fingerprint density at radius 2 is 2.00 bits per heavy atom. The van der Waals surface area contributed by atoms with Gasteiger partial charge in [0.05, 0.1) is 24.5 Å². The van der Waals surface area contributed by atoms with Gasteiger partial charge < -0.3 is 9.64 Å². The van der Waals surface area contributed by atoms with Crippen LogP contribution in [0.4, 0.5) is 0 Å². The molecule has 1 aliphatic heterocycles. The van der Waals surface area contributed by atoms with Gasteiger partial charge in [-0.15, -0.1) is 35.1 Å². The first-order valence-corrected chi connectivity index (χ1v) is 11.3. The maximum absolute atomic E-state index is 13.5. The third-order valence-electron chi connectivity index (χ3n) is 5.56. The van der Waals surface area contributed by atoms with E-state index in [1.165, 1.54) is 33.5 Å². The van der Waals surface area contributed by atoms with E-state index in [2.05, 4.69) is 17.5 Å². The van der Waals surface area contributed by atoms with Crippen LogP contribution in [0.2, 0.25) is 0 Å². The molecule has 5 rings (SSSR count). The van der Waals surface area contributed by atoms with Crippen molar-refractivity contribution in [1.82, 2.24) is 9.88 Å². The summed E-state index contributed by atoms with van der Waals surface area (Å²) in [6.45, 7) is 4.53. The molecule has 4 heterocycles. The summed E-state index contributed by atoms with van der Waals surface area (Å²) >= 11 is 3.54. The summed E-state index contributed by atoms with van der Waals surface area (Å²) in [5, 5.41) is 3.33. The Morgan fingerprint density at radius 1 is 1.21 bits per heavy atom. The van der Waals surface area contributed by atoms with E-state index in [1.807, 2.05) is 23.2 Å². The number of hydrogen-bond acceptors (Lipinski definition) is 5. The maximum Gasteiger partial charge on any atom is 0.256 e. The SMILES string of the molecule is Cc1nc2sc3c(c2c(-c2cccs2)c1C(=O)N1CCOCC1)CCCC3.Cl. The van der Waals surface area contributed by atoms with Crippen LogP contribution in [-0.4, -0.2) is 42.1 Å². The molecule has 3 aromatic rings. The first-order chi connectivity index (χ1) is 13.2. The molecule has 2 aliphatic rings. The second-order valence-corrected chi connectivity index (χ2v) is 9.25. The van der Waals surface area contributed by atoms with Gasteiger partial charge in [-0.3, -0.25) is 4.79 Å². The number of carbonyl (C=O) groups is 1. The summed E-state index contributed by atoms with van der Waals surface area (Å²) < 4.78 is 5.44. The Labute approximate surface area is 178 Å². The second kappa shape index (κ2) is 8.11. The second-order valence-electron chi connectivity index (χ2n) is 7.22.